The highest BCUT2D eigenvalue weighted by atomic mass is 32.1. The van der Waals surface area contributed by atoms with Gasteiger partial charge in [-0.15, -0.1) is 11.3 Å². The zero-order valence-electron chi connectivity index (χ0n) is 7.38. The van der Waals surface area contributed by atoms with E-state index in [4.69, 9.17) is 16.1 Å². The number of oxime groups is 1. The molecule has 0 amide bonds. The summed E-state index contributed by atoms with van der Waals surface area (Å²) < 4.78 is 0. The quantitative estimate of drug-likeness (QED) is 0.425. The molecule has 0 atom stereocenters. The second kappa shape index (κ2) is 4.92. The standard InChI is InChI=1S/C7H6N4O3S/c8-1-2-14-11-5(6(12)13)4-3-15-7(9)10-4/h3H,2H2,(H2,9,10)(H,12,13). The largest absolute Gasteiger partial charge is 0.476 e. The molecule has 8 heteroatoms. The Labute approximate surface area is 88.4 Å². The number of thiazole rings is 1. The van der Waals surface area contributed by atoms with Gasteiger partial charge in [0.1, 0.15) is 11.8 Å². The summed E-state index contributed by atoms with van der Waals surface area (Å²) in [6, 6.07) is 1.65. The fourth-order valence-electron chi connectivity index (χ4n) is 0.717. The molecular formula is C7H6N4O3S. The molecule has 0 aromatic carbocycles. The minimum atomic E-state index is -1.29. The topological polar surface area (TPSA) is 122 Å². The van der Waals surface area contributed by atoms with Gasteiger partial charge in [0.05, 0.1) is 0 Å². The van der Waals surface area contributed by atoms with Crippen LogP contribution in [0.5, 0.6) is 0 Å². The van der Waals surface area contributed by atoms with E-state index < -0.39 is 5.97 Å². The van der Waals surface area contributed by atoms with Crippen LogP contribution >= 0.6 is 11.3 Å². The van der Waals surface area contributed by atoms with Crippen molar-refractivity contribution >= 4 is 28.1 Å². The van der Waals surface area contributed by atoms with Crippen LogP contribution in [0.4, 0.5) is 5.13 Å². The van der Waals surface area contributed by atoms with Gasteiger partial charge in [-0.1, -0.05) is 5.16 Å². The smallest absolute Gasteiger partial charge is 0.360 e. The number of nitrogens with zero attached hydrogens (tertiary/aromatic N) is 3. The zero-order valence-corrected chi connectivity index (χ0v) is 8.19. The second-order valence-electron chi connectivity index (χ2n) is 2.25. The van der Waals surface area contributed by atoms with Crippen LogP contribution in [0.2, 0.25) is 0 Å². The molecule has 0 saturated carbocycles. The molecule has 0 unspecified atom stereocenters. The number of anilines is 1. The van der Waals surface area contributed by atoms with Crippen LogP contribution in [0.1, 0.15) is 5.69 Å². The van der Waals surface area contributed by atoms with Crippen molar-refractivity contribution in [1.82, 2.24) is 4.98 Å². The first-order chi connectivity index (χ1) is 7.15. The van der Waals surface area contributed by atoms with Crippen LogP contribution in [0.3, 0.4) is 0 Å². The van der Waals surface area contributed by atoms with E-state index >= 15 is 0 Å². The van der Waals surface area contributed by atoms with Crippen LogP contribution in [-0.2, 0) is 9.63 Å². The first-order valence-corrected chi connectivity index (χ1v) is 4.54. The van der Waals surface area contributed by atoms with E-state index in [0.717, 1.165) is 11.3 Å². The lowest BCUT2D eigenvalue weighted by molar-refractivity contribution is -0.129. The molecule has 7 nitrogen and oxygen atoms in total. The molecular weight excluding hydrogens is 220 g/mol. The first kappa shape index (κ1) is 10.9. The lowest BCUT2D eigenvalue weighted by atomic mass is 10.3. The van der Waals surface area contributed by atoms with Crippen molar-refractivity contribution in [2.45, 2.75) is 0 Å². The Morgan fingerprint density at radius 3 is 3.07 bits per heavy atom. The molecule has 0 fully saturated rings. The lowest BCUT2D eigenvalue weighted by Crippen LogP contribution is -2.15. The van der Waals surface area contributed by atoms with Gasteiger partial charge in [-0.2, -0.15) is 5.26 Å². The molecule has 0 aliphatic carbocycles. The summed E-state index contributed by atoms with van der Waals surface area (Å²) >= 11 is 1.09. The molecule has 3 N–H and O–H groups in total. The molecule has 0 aliphatic rings. The summed E-state index contributed by atoms with van der Waals surface area (Å²) in [6.45, 7) is -0.323. The number of rotatable bonds is 4. The highest BCUT2D eigenvalue weighted by Crippen LogP contribution is 2.12. The van der Waals surface area contributed by atoms with Crippen LogP contribution in [0.25, 0.3) is 0 Å². The number of nitrogen functional groups attached to an aromatic ring is 1. The van der Waals surface area contributed by atoms with Crippen LogP contribution in [-0.4, -0.2) is 28.4 Å². The van der Waals surface area contributed by atoms with Crippen molar-refractivity contribution in [1.29, 1.82) is 5.26 Å². The molecule has 1 aromatic heterocycles. The van der Waals surface area contributed by atoms with Crippen LogP contribution < -0.4 is 5.73 Å². The zero-order chi connectivity index (χ0) is 11.3. The van der Waals surface area contributed by atoms with E-state index in [9.17, 15) is 4.79 Å². The maximum atomic E-state index is 10.7. The van der Waals surface area contributed by atoms with Crippen molar-refractivity contribution in [3.63, 3.8) is 0 Å². The van der Waals surface area contributed by atoms with Gasteiger partial charge in [-0.05, 0) is 0 Å². The van der Waals surface area contributed by atoms with Gasteiger partial charge in [0, 0.05) is 5.38 Å². The molecule has 0 spiro atoms. The molecule has 1 heterocycles. The summed E-state index contributed by atoms with van der Waals surface area (Å²) in [5.74, 6) is -1.29. The minimum absolute atomic E-state index is 0.114. The molecule has 0 aliphatic heterocycles. The van der Waals surface area contributed by atoms with E-state index in [0.29, 0.717) is 0 Å². The van der Waals surface area contributed by atoms with Crippen LogP contribution in [0.15, 0.2) is 10.5 Å². The molecule has 0 radical (unpaired) electrons. The van der Waals surface area contributed by atoms with Gasteiger partial charge < -0.3 is 15.7 Å². The highest BCUT2D eigenvalue weighted by Gasteiger charge is 2.16. The number of aliphatic carboxylic acids is 1. The maximum absolute atomic E-state index is 10.7. The second-order valence-corrected chi connectivity index (χ2v) is 3.14. The number of nitrogens with two attached hydrogens (primary N) is 1. The van der Waals surface area contributed by atoms with Crippen molar-refractivity contribution in [3.8, 4) is 6.07 Å². The predicted octanol–water partition coefficient (Wildman–Crippen LogP) is 0.0542. The number of carboxylic acids is 1. The Kier molecular flexibility index (Phi) is 3.59. The molecule has 0 bridgehead atoms. The van der Waals surface area contributed by atoms with E-state index in [1.165, 1.54) is 5.38 Å². The van der Waals surface area contributed by atoms with Gasteiger partial charge in [-0.25, -0.2) is 9.78 Å². The number of hydrogen-bond acceptors (Lipinski definition) is 7. The van der Waals surface area contributed by atoms with Crippen molar-refractivity contribution in [2.75, 3.05) is 12.3 Å². The summed E-state index contributed by atoms with van der Waals surface area (Å²) in [5.41, 5.74) is 5.07. The van der Waals surface area contributed by atoms with Crippen molar-refractivity contribution in [2.24, 2.45) is 5.16 Å². The molecule has 1 rings (SSSR count). The third-order valence-electron chi connectivity index (χ3n) is 1.25. The Balaban J connectivity index is 2.89. The number of nitriles is 1. The Morgan fingerprint density at radius 2 is 2.60 bits per heavy atom. The normalized spacial score (nSPS) is 10.7. The molecule has 78 valence electrons. The summed E-state index contributed by atoms with van der Waals surface area (Å²) in [6.07, 6.45) is 0. The van der Waals surface area contributed by atoms with E-state index in [1.807, 2.05) is 0 Å². The average molecular weight is 226 g/mol. The Morgan fingerprint density at radius 1 is 1.87 bits per heavy atom. The van der Waals surface area contributed by atoms with Gasteiger partial charge >= 0.3 is 5.97 Å². The van der Waals surface area contributed by atoms with E-state index in [-0.39, 0.29) is 23.1 Å². The number of carbonyl (C=O) groups is 1. The van der Waals surface area contributed by atoms with Crippen molar-refractivity contribution < 1.29 is 14.7 Å². The number of hydrogen-bond donors (Lipinski definition) is 2. The third-order valence-corrected chi connectivity index (χ3v) is 1.93. The lowest BCUT2D eigenvalue weighted by Gasteiger charge is -1.95. The first-order valence-electron chi connectivity index (χ1n) is 3.66. The Hall–Kier alpha value is -2.14. The SMILES string of the molecule is N#CCON=C(C(=O)O)c1csc(N)n1. The summed E-state index contributed by atoms with van der Waals surface area (Å²) in [5, 5.41) is 21.9. The summed E-state index contributed by atoms with van der Waals surface area (Å²) in [4.78, 5) is 18.9. The average Bonchev–Trinajstić information content (AvgIpc) is 2.59. The molecule has 0 saturated heterocycles. The van der Waals surface area contributed by atoms with E-state index in [1.54, 1.807) is 6.07 Å². The number of carboxylic acid groups (broad SMARTS) is 1. The fourth-order valence-corrected chi connectivity index (χ4v) is 1.27. The Bertz CT molecular complexity index is 434. The van der Waals surface area contributed by atoms with Gasteiger partial charge in [0.15, 0.2) is 5.13 Å². The third kappa shape index (κ3) is 2.92. The van der Waals surface area contributed by atoms with Crippen LogP contribution in [0, 0.1) is 11.3 Å². The van der Waals surface area contributed by atoms with Crippen molar-refractivity contribution in [3.05, 3.63) is 11.1 Å². The minimum Gasteiger partial charge on any atom is -0.476 e. The van der Waals surface area contributed by atoms with E-state index in [2.05, 4.69) is 15.0 Å². The number of aromatic nitrogens is 1. The maximum Gasteiger partial charge on any atom is 0.360 e. The van der Waals surface area contributed by atoms with Gasteiger partial charge in [0.2, 0.25) is 12.3 Å². The fraction of sp³-hybridized carbons (Fsp3) is 0.143. The summed E-state index contributed by atoms with van der Waals surface area (Å²) in [7, 11) is 0. The van der Waals surface area contributed by atoms with Gasteiger partial charge in [-0.3, -0.25) is 0 Å². The molecule has 1 aromatic rings. The molecule has 15 heavy (non-hydrogen) atoms. The predicted molar refractivity (Wildman–Crippen MR) is 52.3 cm³/mol. The van der Waals surface area contributed by atoms with Gasteiger partial charge in [0.25, 0.3) is 0 Å². The monoisotopic (exact) mass is 226 g/mol. The highest BCUT2D eigenvalue weighted by molar-refractivity contribution is 7.13.